The molecule has 0 spiro atoms. The van der Waals surface area contributed by atoms with Gasteiger partial charge in [-0.3, -0.25) is 14.4 Å². The maximum atomic E-state index is 12.2. The maximum absolute atomic E-state index is 12.2. The fraction of sp³-hybridized carbons (Fsp3) is 0.176. The average molecular weight is 359 g/mol. The predicted molar refractivity (Wildman–Crippen MR) is 93.4 cm³/mol. The Hall–Kier alpha value is -2.93. The Morgan fingerprint density at radius 1 is 1.20 bits per heavy atom. The minimum Gasteiger partial charge on any atom is -0.340 e. The molecule has 1 aliphatic rings. The second-order valence-corrected chi connectivity index (χ2v) is 5.90. The molecule has 0 bridgehead atoms. The zero-order valence-electron chi connectivity index (χ0n) is 13.1. The van der Waals surface area contributed by atoms with Gasteiger partial charge in [0.2, 0.25) is 11.8 Å². The topological polar surface area (TPSA) is 100 Å². The molecule has 3 N–H and O–H groups in total. The number of nitrogens with zero attached hydrogens (tertiary/aromatic N) is 1. The van der Waals surface area contributed by atoms with Gasteiger partial charge in [0, 0.05) is 6.42 Å². The number of halogens is 1. The van der Waals surface area contributed by atoms with E-state index in [0.29, 0.717) is 22.1 Å². The third-order valence-corrected chi connectivity index (χ3v) is 3.95. The van der Waals surface area contributed by atoms with E-state index < -0.39 is 6.04 Å². The van der Waals surface area contributed by atoms with Gasteiger partial charge in [-0.05, 0) is 30.7 Å². The van der Waals surface area contributed by atoms with Crippen molar-refractivity contribution in [1.29, 1.82) is 0 Å². The fourth-order valence-corrected chi connectivity index (χ4v) is 2.58. The van der Waals surface area contributed by atoms with Crippen molar-refractivity contribution in [1.82, 2.24) is 10.3 Å². The normalized spacial score (nSPS) is 16.3. The number of carbonyl (C=O) groups is 3. The number of fused-ring (bicyclic) bond motifs is 1. The number of amides is 3. The van der Waals surface area contributed by atoms with Crippen LogP contribution in [0.1, 0.15) is 23.2 Å². The van der Waals surface area contributed by atoms with Crippen molar-refractivity contribution in [2.45, 2.75) is 18.9 Å². The van der Waals surface area contributed by atoms with Crippen LogP contribution in [0.3, 0.4) is 0 Å². The minimum absolute atomic E-state index is 0.0668. The van der Waals surface area contributed by atoms with Crippen molar-refractivity contribution in [2.75, 3.05) is 10.6 Å². The molecule has 7 nitrogen and oxygen atoms in total. The average Bonchev–Trinajstić information content (AvgIpc) is 2.72. The third-order valence-electron chi connectivity index (χ3n) is 3.72. The lowest BCUT2D eigenvalue weighted by Gasteiger charge is -2.14. The lowest BCUT2D eigenvalue weighted by molar-refractivity contribution is -0.118. The van der Waals surface area contributed by atoms with Gasteiger partial charge in [-0.15, -0.1) is 0 Å². The number of pyridine rings is 1. The Morgan fingerprint density at radius 2 is 2.00 bits per heavy atom. The first-order chi connectivity index (χ1) is 12.0. The number of benzene rings is 1. The van der Waals surface area contributed by atoms with E-state index in [1.165, 1.54) is 6.20 Å². The van der Waals surface area contributed by atoms with Crippen LogP contribution in [0.25, 0.3) is 0 Å². The first-order valence-corrected chi connectivity index (χ1v) is 8.03. The van der Waals surface area contributed by atoms with Crippen LogP contribution < -0.4 is 16.0 Å². The van der Waals surface area contributed by atoms with Gasteiger partial charge in [0.05, 0.1) is 23.1 Å². The van der Waals surface area contributed by atoms with E-state index >= 15 is 0 Å². The molecule has 0 fully saturated rings. The van der Waals surface area contributed by atoms with Gasteiger partial charge >= 0.3 is 0 Å². The first-order valence-electron chi connectivity index (χ1n) is 7.65. The van der Waals surface area contributed by atoms with Crippen molar-refractivity contribution in [3.05, 3.63) is 53.3 Å². The fourth-order valence-electron chi connectivity index (χ4n) is 2.46. The molecule has 3 amide bonds. The monoisotopic (exact) mass is 358 g/mol. The standard InChI is InChI=1S/C17H15ClN4O3/c18-14-7-5-10(9-19-14)20-15(23)8-6-13-17(25)21-12-4-2-1-3-11(12)16(24)22-13/h1-5,7,9,13H,6,8H2,(H,20,23)(H,21,25)(H,22,24)/t13-/m1/s1. The summed E-state index contributed by atoms with van der Waals surface area (Å²) in [4.78, 5) is 40.3. The molecule has 8 heteroatoms. The van der Waals surface area contributed by atoms with Crippen LogP contribution in [0, 0.1) is 0 Å². The van der Waals surface area contributed by atoms with Crippen molar-refractivity contribution in [3.8, 4) is 0 Å². The zero-order valence-corrected chi connectivity index (χ0v) is 13.8. The van der Waals surface area contributed by atoms with Crippen LogP contribution in [0.15, 0.2) is 42.6 Å². The number of hydrogen-bond acceptors (Lipinski definition) is 4. The molecule has 0 aliphatic carbocycles. The van der Waals surface area contributed by atoms with Gasteiger partial charge in [0.25, 0.3) is 5.91 Å². The van der Waals surface area contributed by atoms with Gasteiger partial charge in [-0.1, -0.05) is 23.7 Å². The summed E-state index contributed by atoms with van der Waals surface area (Å²) in [6, 6.07) is 9.16. The smallest absolute Gasteiger partial charge is 0.254 e. The van der Waals surface area contributed by atoms with Gasteiger partial charge in [-0.25, -0.2) is 4.98 Å². The van der Waals surface area contributed by atoms with Gasteiger partial charge in [-0.2, -0.15) is 0 Å². The number of aromatic nitrogens is 1. The van der Waals surface area contributed by atoms with Crippen LogP contribution in [-0.2, 0) is 9.59 Å². The Bertz CT molecular complexity index is 823. The SMILES string of the molecule is O=C(CC[C@H]1NC(=O)c2ccccc2NC1=O)Nc1ccc(Cl)nc1. The van der Waals surface area contributed by atoms with E-state index in [4.69, 9.17) is 11.6 Å². The third kappa shape index (κ3) is 4.13. The molecule has 2 aromatic rings. The van der Waals surface area contributed by atoms with Crippen molar-refractivity contribution in [3.63, 3.8) is 0 Å². The molecule has 0 saturated carbocycles. The lowest BCUT2D eigenvalue weighted by atomic mass is 10.1. The van der Waals surface area contributed by atoms with E-state index in [1.807, 2.05) is 0 Å². The summed E-state index contributed by atoms with van der Waals surface area (Å²) in [7, 11) is 0. The summed E-state index contributed by atoms with van der Waals surface area (Å²) in [5, 5.41) is 8.35. The quantitative estimate of drug-likeness (QED) is 0.729. The van der Waals surface area contributed by atoms with E-state index in [0.717, 1.165) is 0 Å². The van der Waals surface area contributed by atoms with Gasteiger partial charge in [0.1, 0.15) is 11.2 Å². The second kappa shape index (κ2) is 7.31. The van der Waals surface area contributed by atoms with Crippen LogP contribution in [0.5, 0.6) is 0 Å². The predicted octanol–water partition coefficient (Wildman–Crippen LogP) is 2.20. The van der Waals surface area contributed by atoms with E-state index in [-0.39, 0.29) is 30.6 Å². The highest BCUT2D eigenvalue weighted by molar-refractivity contribution is 6.29. The molecule has 1 aliphatic heterocycles. The molecule has 0 saturated heterocycles. The summed E-state index contributed by atoms with van der Waals surface area (Å²) in [5.74, 6) is -0.978. The van der Waals surface area contributed by atoms with Crippen molar-refractivity contribution >= 4 is 40.7 Å². The number of nitrogens with one attached hydrogen (secondary N) is 3. The molecule has 0 unspecified atom stereocenters. The Morgan fingerprint density at radius 3 is 2.76 bits per heavy atom. The molecule has 25 heavy (non-hydrogen) atoms. The van der Waals surface area contributed by atoms with Gasteiger partial charge < -0.3 is 16.0 Å². The highest BCUT2D eigenvalue weighted by Crippen LogP contribution is 2.19. The minimum atomic E-state index is -0.783. The van der Waals surface area contributed by atoms with E-state index in [2.05, 4.69) is 20.9 Å². The summed E-state index contributed by atoms with van der Waals surface area (Å²) < 4.78 is 0. The highest BCUT2D eigenvalue weighted by Gasteiger charge is 2.27. The molecule has 1 aromatic heterocycles. The largest absolute Gasteiger partial charge is 0.340 e. The number of para-hydroxylation sites is 1. The molecular formula is C17H15ClN4O3. The summed E-state index contributed by atoms with van der Waals surface area (Å²) >= 11 is 5.69. The highest BCUT2D eigenvalue weighted by atomic mass is 35.5. The van der Waals surface area contributed by atoms with Crippen LogP contribution in [0.4, 0.5) is 11.4 Å². The first kappa shape index (κ1) is 16.9. The maximum Gasteiger partial charge on any atom is 0.254 e. The van der Waals surface area contributed by atoms with Gasteiger partial charge in [0.15, 0.2) is 0 Å². The summed E-state index contributed by atoms with van der Waals surface area (Å²) in [6.07, 6.45) is 1.69. The Balaban J connectivity index is 1.59. The molecule has 0 radical (unpaired) electrons. The second-order valence-electron chi connectivity index (χ2n) is 5.52. The molecule has 128 valence electrons. The molecule has 1 aromatic carbocycles. The van der Waals surface area contributed by atoms with Crippen LogP contribution in [0.2, 0.25) is 5.15 Å². The number of anilines is 2. The Labute approximate surface area is 148 Å². The zero-order chi connectivity index (χ0) is 17.8. The molecular weight excluding hydrogens is 344 g/mol. The van der Waals surface area contributed by atoms with Crippen molar-refractivity contribution in [2.24, 2.45) is 0 Å². The Kier molecular flexibility index (Phi) is 4.95. The van der Waals surface area contributed by atoms with E-state index in [1.54, 1.807) is 36.4 Å². The lowest BCUT2D eigenvalue weighted by Crippen LogP contribution is -2.41. The molecule has 1 atom stereocenters. The van der Waals surface area contributed by atoms with Crippen LogP contribution >= 0.6 is 11.6 Å². The van der Waals surface area contributed by atoms with Crippen LogP contribution in [-0.4, -0.2) is 28.7 Å². The molecule has 2 heterocycles. The number of rotatable bonds is 4. The number of carbonyl (C=O) groups excluding carboxylic acids is 3. The number of hydrogen-bond donors (Lipinski definition) is 3. The molecule has 3 rings (SSSR count). The summed E-state index contributed by atoms with van der Waals surface area (Å²) in [6.45, 7) is 0. The van der Waals surface area contributed by atoms with E-state index in [9.17, 15) is 14.4 Å². The summed E-state index contributed by atoms with van der Waals surface area (Å²) in [5.41, 5.74) is 1.37. The van der Waals surface area contributed by atoms with Crippen molar-refractivity contribution < 1.29 is 14.4 Å².